The van der Waals surface area contributed by atoms with E-state index in [4.69, 9.17) is 34.8 Å². The number of carbonyl (C=O) groups is 1. The van der Waals surface area contributed by atoms with Gasteiger partial charge in [0.15, 0.2) is 0 Å². The van der Waals surface area contributed by atoms with Crippen LogP contribution in [0.25, 0.3) is 0 Å². The SMILES string of the molecule is CN(C(=O)CCCCBr)c1ccc(Cl)cc1.Clc1ccccc1Cl. The molecule has 0 spiro atoms. The van der Waals surface area contributed by atoms with Crippen LogP contribution in [0.4, 0.5) is 5.69 Å². The summed E-state index contributed by atoms with van der Waals surface area (Å²) < 4.78 is 0. The summed E-state index contributed by atoms with van der Waals surface area (Å²) in [6.45, 7) is 0. The number of nitrogens with zero attached hydrogens (tertiary/aromatic N) is 1. The van der Waals surface area contributed by atoms with E-state index < -0.39 is 0 Å². The van der Waals surface area contributed by atoms with Crippen molar-refractivity contribution in [3.8, 4) is 0 Å². The monoisotopic (exact) mass is 449 g/mol. The Balaban J connectivity index is 0.000000300. The molecule has 1 amide bonds. The molecule has 0 unspecified atom stereocenters. The third kappa shape index (κ3) is 7.89. The predicted molar refractivity (Wildman–Crippen MR) is 109 cm³/mol. The highest BCUT2D eigenvalue weighted by Gasteiger charge is 2.09. The molecule has 0 aliphatic rings. The van der Waals surface area contributed by atoms with Gasteiger partial charge in [-0.05, 0) is 49.2 Å². The molecule has 0 N–H and O–H groups in total. The highest BCUT2D eigenvalue weighted by molar-refractivity contribution is 9.09. The summed E-state index contributed by atoms with van der Waals surface area (Å²) in [4.78, 5) is 13.5. The molecular weight excluding hydrogens is 432 g/mol. The second-order valence-electron chi connectivity index (χ2n) is 4.99. The molecule has 0 atom stereocenters. The van der Waals surface area contributed by atoms with Crippen molar-refractivity contribution in [3.63, 3.8) is 0 Å². The van der Waals surface area contributed by atoms with Gasteiger partial charge in [0.1, 0.15) is 0 Å². The Hall–Kier alpha value is -0.740. The van der Waals surface area contributed by atoms with Gasteiger partial charge in [-0.3, -0.25) is 4.79 Å². The lowest BCUT2D eigenvalue weighted by Crippen LogP contribution is -2.25. The molecule has 0 fully saturated rings. The molecule has 0 aromatic heterocycles. The van der Waals surface area contributed by atoms with Crippen LogP contribution in [0.1, 0.15) is 19.3 Å². The van der Waals surface area contributed by atoms with Gasteiger partial charge in [0.25, 0.3) is 0 Å². The Morgan fingerprint density at radius 3 is 1.96 bits per heavy atom. The number of hydrogen-bond donors (Lipinski definition) is 0. The summed E-state index contributed by atoms with van der Waals surface area (Å²) >= 11 is 20.3. The van der Waals surface area contributed by atoms with Crippen molar-refractivity contribution in [3.05, 3.63) is 63.6 Å². The van der Waals surface area contributed by atoms with E-state index in [1.165, 1.54) is 0 Å². The smallest absolute Gasteiger partial charge is 0.226 e. The number of alkyl halides is 1. The van der Waals surface area contributed by atoms with Crippen molar-refractivity contribution in [2.24, 2.45) is 0 Å². The number of hydrogen-bond acceptors (Lipinski definition) is 1. The predicted octanol–water partition coefficient (Wildman–Crippen LogP) is 6.86. The van der Waals surface area contributed by atoms with E-state index in [0.29, 0.717) is 21.5 Å². The lowest BCUT2D eigenvalue weighted by atomic mass is 10.2. The molecule has 0 radical (unpaired) electrons. The van der Waals surface area contributed by atoms with Gasteiger partial charge in [0.2, 0.25) is 5.91 Å². The zero-order valence-electron chi connectivity index (χ0n) is 13.3. The van der Waals surface area contributed by atoms with E-state index in [2.05, 4.69) is 15.9 Å². The number of halogens is 4. The summed E-state index contributed by atoms with van der Waals surface area (Å²) in [5, 5.41) is 2.84. The van der Waals surface area contributed by atoms with Gasteiger partial charge in [0.05, 0.1) is 10.0 Å². The Morgan fingerprint density at radius 1 is 0.958 bits per heavy atom. The van der Waals surface area contributed by atoms with Crippen LogP contribution in [0.5, 0.6) is 0 Å². The van der Waals surface area contributed by atoms with E-state index in [-0.39, 0.29) is 5.91 Å². The van der Waals surface area contributed by atoms with Crippen LogP contribution < -0.4 is 4.90 Å². The standard InChI is InChI=1S/C12H15BrClNO.C6H4Cl2/c1-15(12(16)4-2-3-9-13)11-7-5-10(14)6-8-11;7-5-3-1-2-4-6(5)8/h5-8H,2-4,9H2,1H3;1-4H. The second-order valence-corrected chi connectivity index (χ2v) is 7.03. The minimum Gasteiger partial charge on any atom is -0.316 e. The Bertz CT molecular complexity index is 613. The van der Waals surface area contributed by atoms with Crippen molar-refractivity contribution in [2.75, 3.05) is 17.3 Å². The molecule has 0 saturated carbocycles. The van der Waals surface area contributed by atoms with Gasteiger partial charge < -0.3 is 4.90 Å². The molecule has 130 valence electrons. The molecule has 0 aliphatic carbocycles. The number of benzene rings is 2. The molecule has 2 nitrogen and oxygen atoms in total. The van der Waals surface area contributed by atoms with Gasteiger partial charge in [-0.25, -0.2) is 0 Å². The van der Waals surface area contributed by atoms with E-state index in [0.717, 1.165) is 23.9 Å². The molecule has 6 heteroatoms. The fourth-order valence-corrected chi connectivity index (χ4v) is 2.58. The van der Waals surface area contributed by atoms with Gasteiger partial charge in [-0.1, -0.05) is 62.9 Å². The van der Waals surface area contributed by atoms with Crippen LogP contribution in [-0.2, 0) is 4.79 Å². The van der Waals surface area contributed by atoms with Crippen LogP contribution in [0.2, 0.25) is 15.1 Å². The largest absolute Gasteiger partial charge is 0.316 e. The molecular formula is C18H19BrCl3NO. The van der Waals surface area contributed by atoms with E-state index in [9.17, 15) is 4.79 Å². The van der Waals surface area contributed by atoms with E-state index >= 15 is 0 Å². The number of anilines is 1. The molecule has 2 aromatic carbocycles. The van der Waals surface area contributed by atoms with Crippen LogP contribution in [0.15, 0.2) is 48.5 Å². The van der Waals surface area contributed by atoms with Crippen molar-refractivity contribution in [2.45, 2.75) is 19.3 Å². The molecule has 0 bridgehead atoms. The molecule has 24 heavy (non-hydrogen) atoms. The summed E-state index contributed by atoms with van der Waals surface area (Å²) in [5.41, 5.74) is 0.883. The van der Waals surface area contributed by atoms with Gasteiger partial charge in [-0.2, -0.15) is 0 Å². The van der Waals surface area contributed by atoms with Crippen LogP contribution in [-0.4, -0.2) is 18.3 Å². The summed E-state index contributed by atoms with van der Waals surface area (Å²) in [6, 6.07) is 14.5. The quantitative estimate of drug-likeness (QED) is 0.359. The third-order valence-electron chi connectivity index (χ3n) is 3.19. The third-order valence-corrected chi connectivity index (χ3v) is 4.76. The number of rotatable bonds is 5. The zero-order chi connectivity index (χ0) is 17.9. The first kappa shape index (κ1) is 21.3. The minimum atomic E-state index is 0.142. The maximum Gasteiger partial charge on any atom is 0.226 e. The first-order chi connectivity index (χ1) is 11.5. The molecule has 0 saturated heterocycles. The maximum atomic E-state index is 11.8. The topological polar surface area (TPSA) is 20.3 Å². The van der Waals surface area contributed by atoms with Gasteiger partial charge in [0, 0.05) is 29.5 Å². The van der Waals surface area contributed by atoms with Crippen LogP contribution in [0.3, 0.4) is 0 Å². The molecule has 2 aromatic rings. The summed E-state index contributed by atoms with van der Waals surface area (Å²) in [5.74, 6) is 0.142. The van der Waals surface area contributed by atoms with Crippen molar-refractivity contribution in [1.29, 1.82) is 0 Å². The summed E-state index contributed by atoms with van der Waals surface area (Å²) in [6.07, 6.45) is 2.53. The normalized spacial score (nSPS) is 9.88. The lowest BCUT2D eigenvalue weighted by Gasteiger charge is -2.17. The number of unbranched alkanes of at least 4 members (excludes halogenated alkanes) is 1. The fourth-order valence-electron chi connectivity index (χ4n) is 1.79. The van der Waals surface area contributed by atoms with Gasteiger partial charge >= 0.3 is 0 Å². The van der Waals surface area contributed by atoms with Crippen molar-refractivity contribution < 1.29 is 4.79 Å². The molecule has 0 heterocycles. The second kappa shape index (κ2) is 11.8. The lowest BCUT2D eigenvalue weighted by molar-refractivity contribution is -0.118. The fraction of sp³-hybridized carbons (Fsp3) is 0.278. The van der Waals surface area contributed by atoms with E-state index in [1.807, 2.05) is 24.3 Å². The number of carbonyl (C=O) groups excluding carboxylic acids is 1. The Kier molecular flexibility index (Phi) is 10.4. The Labute approximate surface area is 166 Å². The zero-order valence-corrected chi connectivity index (χ0v) is 17.2. The highest BCUT2D eigenvalue weighted by Crippen LogP contribution is 2.19. The first-order valence-electron chi connectivity index (χ1n) is 7.44. The van der Waals surface area contributed by atoms with Crippen molar-refractivity contribution >= 4 is 62.3 Å². The number of amides is 1. The summed E-state index contributed by atoms with van der Waals surface area (Å²) in [7, 11) is 1.79. The Morgan fingerprint density at radius 2 is 1.50 bits per heavy atom. The van der Waals surface area contributed by atoms with Gasteiger partial charge in [-0.15, -0.1) is 0 Å². The highest BCUT2D eigenvalue weighted by atomic mass is 79.9. The van der Waals surface area contributed by atoms with E-state index in [1.54, 1.807) is 36.2 Å². The minimum absolute atomic E-state index is 0.142. The maximum absolute atomic E-state index is 11.8. The molecule has 2 rings (SSSR count). The first-order valence-corrected chi connectivity index (χ1v) is 9.69. The average Bonchev–Trinajstić information content (AvgIpc) is 2.58. The van der Waals surface area contributed by atoms with Crippen molar-refractivity contribution in [1.82, 2.24) is 0 Å². The molecule has 0 aliphatic heterocycles. The van der Waals surface area contributed by atoms with Crippen LogP contribution >= 0.6 is 50.7 Å². The van der Waals surface area contributed by atoms with Crippen LogP contribution in [0, 0.1) is 0 Å². The average molecular weight is 452 g/mol.